The normalized spacial score (nSPS) is 12.7. The monoisotopic (exact) mass is 338 g/mol. The molecule has 0 aliphatic rings. The van der Waals surface area contributed by atoms with Crippen LogP contribution in [0.4, 0.5) is 0 Å². The fourth-order valence-electron chi connectivity index (χ4n) is 2.24. The summed E-state index contributed by atoms with van der Waals surface area (Å²) in [5.41, 5.74) is 4.39. The Morgan fingerprint density at radius 3 is 2.65 bits per heavy atom. The third kappa shape index (κ3) is 2.91. The van der Waals surface area contributed by atoms with Crippen LogP contribution in [0.2, 0.25) is 0 Å². The summed E-state index contributed by atoms with van der Waals surface area (Å²) in [6.45, 7) is 5.80. The van der Waals surface area contributed by atoms with E-state index in [0.717, 1.165) is 39.2 Å². The van der Waals surface area contributed by atoms with Crippen molar-refractivity contribution < 1.29 is 5.11 Å². The molecule has 0 spiro atoms. The molecule has 0 radical (unpaired) electrons. The smallest absolute Gasteiger partial charge is 0.0864 e. The van der Waals surface area contributed by atoms with E-state index in [-0.39, 0.29) is 0 Å². The Bertz CT molecular complexity index is 624. The second kappa shape index (κ2) is 6.01. The number of halogens is 1. The first-order valence-electron chi connectivity index (χ1n) is 6.63. The average Bonchev–Trinajstić information content (AvgIpc) is 2.68. The van der Waals surface area contributed by atoms with Gasteiger partial charge in [0.05, 0.1) is 33.4 Å². The molecule has 20 heavy (non-hydrogen) atoms. The molecule has 0 aliphatic heterocycles. The minimum absolute atomic E-state index is 0.496. The molecule has 2 heterocycles. The van der Waals surface area contributed by atoms with Gasteiger partial charge in [0, 0.05) is 19.0 Å². The van der Waals surface area contributed by atoms with E-state index in [1.54, 1.807) is 0 Å². The van der Waals surface area contributed by atoms with Gasteiger partial charge in [-0.3, -0.25) is 4.68 Å². The lowest BCUT2D eigenvalue weighted by Gasteiger charge is -2.13. The fourth-order valence-corrected chi connectivity index (χ4v) is 3.02. The van der Waals surface area contributed by atoms with Gasteiger partial charge >= 0.3 is 0 Å². The zero-order chi connectivity index (χ0) is 14.9. The number of rotatable bonds is 4. The summed E-state index contributed by atoms with van der Waals surface area (Å²) in [7, 11) is 1.90. The number of aliphatic hydroxyl groups is 1. The molecular weight excluding hydrogens is 320 g/mol. The quantitative estimate of drug-likeness (QED) is 0.929. The van der Waals surface area contributed by atoms with E-state index < -0.39 is 6.10 Å². The summed E-state index contributed by atoms with van der Waals surface area (Å²) >= 11 is 3.57. The van der Waals surface area contributed by atoms with Crippen LogP contribution < -0.4 is 0 Å². The number of aliphatic hydroxyl groups excluding tert-OH is 1. The molecule has 0 amide bonds. The van der Waals surface area contributed by atoms with E-state index in [2.05, 4.69) is 38.1 Å². The molecular formula is C14H19BrN4O. The van der Waals surface area contributed by atoms with Crippen molar-refractivity contribution in [1.82, 2.24) is 20.0 Å². The minimum Gasteiger partial charge on any atom is -0.388 e. The molecule has 0 fully saturated rings. The Hall–Kier alpha value is -1.27. The first-order valence-corrected chi connectivity index (χ1v) is 7.42. The van der Waals surface area contributed by atoms with Crippen molar-refractivity contribution in [3.05, 3.63) is 38.9 Å². The molecule has 0 saturated heterocycles. The largest absolute Gasteiger partial charge is 0.388 e. The summed E-state index contributed by atoms with van der Waals surface area (Å²) in [6, 6.07) is 1.89. The predicted octanol–water partition coefficient (Wildman–Crippen LogP) is 2.43. The van der Waals surface area contributed by atoms with Gasteiger partial charge in [-0.1, -0.05) is 6.92 Å². The van der Waals surface area contributed by atoms with Crippen molar-refractivity contribution >= 4 is 15.9 Å². The SMILES string of the molecule is CCc1nn(C)c(CC(O)c2cc(C)nnc2C)c1Br. The Morgan fingerprint density at radius 1 is 1.35 bits per heavy atom. The molecule has 1 atom stereocenters. The van der Waals surface area contributed by atoms with Gasteiger partial charge in [0.25, 0.3) is 0 Å². The fraction of sp³-hybridized carbons (Fsp3) is 0.500. The van der Waals surface area contributed by atoms with Crippen molar-refractivity contribution in [2.45, 2.75) is 39.7 Å². The van der Waals surface area contributed by atoms with Crippen LogP contribution in [0, 0.1) is 13.8 Å². The Morgan fingerprint density at radius 2 is 2.05 bits per heavy atom. The van der Waals surface area contributed by atoms with E-state index >= 15 is 0 Å². The van der Waals surface area contributed by atoms with Crippen LogP contribution in [0.15, 0.2) is 10.5 Å². The summed E-state index contributed by atoms with van der Waals surface area (Å²) in [4.78, 5) is 0. The zero-order valence-electron chi connectivity index (χ0n) is 12.2. The second-order valence-corrected chi connectivity index (χ2v) is 5.72. The molecule has 2 aromatic rings. The van der Waals surface area contributed by atoms with Gasteiger partial charge in [0.15, 0.2) is 0 Å². The van der Waals surface area contributed by atoms with Crippen LogP contribution in [0.5, 0.6) is 0 Å². The van der Waals surface area contributed by atoms with Crippen LogP contribution in [-0.2, 0) is 19.9 Å². The highest BCUT2D eigenvalue weighted by atomic mass is 79.9. The van der Waals surface area contributed by atoms with Crippen molar-refractivity contribution in [3.63, 3.8) is 0 Å². The molecule has 6 heteroatoms. The molecule has 5 nitrogen and oxygen atoms in total. The number of hydrogen-bond donors (Lipinski definition) is 1. The standard InChI is InChI=1S/C14H19BrN4O/c1-5-11-14(15)12(19(4)18-11)7-13(20)10-6-8(2)16-17-9(10)3/h6,13,20H,5,7H2,1-4H3. The Balaban J connectivity index is 2.30. The van der Waals surface area contributed by atoms with Gasteiger partial charge in [-0.05, 0) is 42.3 Å². The summed E-state index contributed by atoms with van der Waals surface area (Å²) < 4.78 is 2.81. The lowest BCUT2D eigenvalue weighted by Crippen LogP contribution is -2.10. The molecule has 1 unspecified atom stereocenters. The topological polar surface area (TPSA) is 63.8 Å². The minimum atomic E-state index is -0.611. The maximum Gasteiger partial charge on any atom is 0.0864 e. The van der Waals surface area contributed by atoms with Crippen molar-refractivity contribution in [1.29, 1.82) is 0 Å². The first kappa shape index (κ1) is 15.1. The number of aryl methyl sites for hydroxylation is 4. The molecule has 0 aliphatic carbocycles. The van der Waals surface area contributed by atoms with Crippen molar-refractivity contribution in [3.8, 4) is 0 Å². The Labute approximate surface area is 127 Å². The third-order valence-electron chi connectivity index (χ3n) is 3.39. The lowest BCUT2D eigenvalue weighted by atomic mass is 10.0. The third-order valence-corrected chi connectivity index (χ3v) is 4.30. The summed E-state index contributed by atoms with van der Waals surface area (Å²) in [5, 5.41) is 23.0. The zero-order valence-corrected chi connectivity index (χ0v) is 13.8. The maximum absolute atomic E-state index is 10.5. The van der Waals surface area contributed by atoms with Crippen molar-refractivity contribution in [2.75, 3.05) is 0 Å². The van der Waals surface area contributed by atoms with E-state index in [4.69, 9.17) is 0 Å². The summed E-state index contributed by atoms with van der Waals surface area (Å²) in [5.74, 6) is 0. The van der Waals surface area contributed by atoms with Gasteiger partial charge in [-0.2, -0.15) is 15.3 Å². The highest BCUT2D eigenvalue weighted by Gasteiger charge is 2.19. The van der Waals surface area contributed by atoms with Gasteiger partial charge < -0.3 is 5.11 Å². The van der Waals surface area contributed by atoms with Gasteiger partial charge in [0.1, 0.15) is 0 Å². The van der Waals surface area contributed by atoms with Gasteiger partial charge in [0.2, 0.25) is 0 Å². The molecule has 0 bridgehead atoms. The summed E-state index contributed by atoms with van der Waals surface area (Å²) in [6.07, 6.45) is 0.746. The number of aromatic nitrogens is 4. The van der Waals surface area contributed by atoms with Crippen LogP contribution in [0.25, 0.3) is 0 Å². The van der Waals surface area contributed by atoms with Gasteiger partial charge in [-0.15, -0.1) is 0 Å². The first-order chi connectivity index (χ1) is 9.43. The van der Waals surface area contributed by atoms with Crippen LogP contribution in [0.1, 0.15) is 41.4 Å². The van der Waals surface area contributed by atoms with Crippen LogP contribution in [-0.4, -0.2) is 25.1 Å². The maximum atomic E-state index is 10.5. The highest BCUT2D eigenvalue weighted by Crippen LogP contribution is 2.27. The van der Waals surface area contributed by atoms with E-state index in [0.29, 0.717) is 6.42 Å². The predicted molar refractivity (Wildman–Crippen MR) is 80.5 cm³/mol. The highest BCUT2D eigenvalue weighted by molar-refractivity contribution is 9.10. The molecule has 2 rings (SSSR count). The van der Waals surface area contributed by atoms with Crippen LogP contribution in [0.3, 0.4) is 0 Å². The molecule has 0 saturated carbocycles. The molecule has 0 aromatic carbocycles. The number of hydrogen-bond acceptors (Lipinski definition) is 4. The Kier molecular flexibility index (Phi) is 4.55. The molecule has 1 N–H and O–H groups in total. The lowest BCUT2D eigenvalue weighted by molar-refractivity contribution is 0.174. The van der Waals surface area contributed by atoms with Crippen LogP contribution >= 0.6 is 15.9 Å². The number of nitrogens with zero attached hydrogens (tertiary/aromatic N) is 4. The van der Waals surface area contributed by atoms with E-state index in [1.165, 1.54) is 0 Å². The van der Waals surface area contributed by atoms with E-state index in [9.17, 15) is 5.11 Å². The molecule has 108 valence electrons. The average molecular weight is 339 g/mol. The van der Waals surface area contributed by atoms with Gasteiger partial charge in [-0.25, -0.2) is 0 Å². The van der Waals surface area contributed by atoms with Crippen molar-refractivity contribution in [2.24, 2.45) is 7.05 Å². The molecule has 2 aromatic heterocycles. The van der Waals surface area contributed by atoms with E-state index in [1.807, 2.05) is 31.6 Å². The second-order valence-electron chi connectivity index (χ2n) is 4.93.